The second-order valence-electron chi connectivity index (χ2n) is 6.18. The lowest BCUT2D eigenvalue weighted by Crippen LogP contribution is -2.33. The zero-order valence-electron chi connectivity index (χ0n) is 15.7. The number of primary amides is 1. The molecule has 1 heterocycles. The fourth-order valence-electron chi connectivity index (χ4n) is 2.55. The SMILES string of the molecule is NC(=O)c1ccc(OCCNCC(O)COc2ccccc2-c2cnns2)cc1. The Bertz CT molecular complexity index is 903. The Labute approximate surface area is 172 Å². The normalized spacial score (nSPS) is 11.8. The number of benzene rings is 2. The Morgan fingerprint density at radius 3 is 2.69 bits per heavy atom. The first-order valence-corrected chi connectivity index (χ1v) is 9.82. The molecule has 0 aliphatic carbocycles. The van der Waals surface area contributed by atoms with Crippen LogP contribution in [0.25, 0.3) is 10.4 Å². The molecule has 0 saturated heterocycles. The highest BCUT2D eigenvalue weighted by Gasteiger charge is 2.10. The third-order valence-electron chi connectivity index (χ3n) is 4.01. The summed E-state index contributed by atoms with van der Waals surface area (Å²) in [6, 6.07) is 14.2. The molecule has 8 nitrogen and oxygen atoms in total. The Morgan fingerprint density at radius 1 is 1.17 bits per heavy atom. The molecule has 29 heavy (non-hydrogen) atoms. The number of nitrogens with one attached hydrogen (secondary N) is 1. The maximum atomic E-state index is 11.0. The number of aromatic nitrogens is 2. The zero-order valence-corrected chi connectivity index (χ0v) is 16.5. The first kappa shape index (κ1) is 20.7. The van der Waals surface area contributed by atoms with Crippen molar-refractivity contribution in [3.63, 3.8) is 0 Å². The van der Waals surface area contributed by atoms with Gasteiger partial charge in [0.1, 0.15) is 30.8 Å². The fraction of sp³-hybridized carbons (Fsp3) is 0.250. The average molecular weight is 414 g/mol. The summed E-state index contributed by atoms with van der Waals surface area (Å²) < 4.78 is 15.2. The molecule has 1 atom stereocenters. The van der Waals surface area contributed by atoms with E-state index in [1.54, 1.807) is 30.5 Å². The van der Waals surface area contributed by atoms with E-state index < -0.39 is 12.0 Å². The molecule has 0 aliphatic heterocycles. The van der Waals surface area contributed by atoms with Crippen molar-refractivity contribution < 1.29 is 19.4 Å². The molecule has 3 aromatic rings. The minimum Gasteiger partial charge on any atom is -0.492 e. The Hall–Kier alpha value is -3.01. The predicted molar refractivity (Wildman–Crippen MR) is 110 cm³/mol. The van der Waals surface area contributed by atoms with Crippen molar-refractivity contribution in [2.24, 2.45) is 5.73 Å². The van der Waals surface area contributed by atoms with Crippen molar-refractivity contribution in [1.82, 2.24) is 14.9 Å². The number of hydrogen-bond donors (Lipinski definition) is 3. The van der Waals surface area contributed by atoms with Crippen LogP contribution in [0.3, 0.4) is 0 Å². The molecule has 9 heteroatoms. The van der Waals surface area contributed by atoms with E-state index in [2.05, 4.69) is 14.9 Å². The third-order valence-corrected chi connectivity index (χ3v) is 4.71. The van der Waals surface area contributed by atoms with Crippen LogP contribution in [0, 0.1) is 0 Å². The van der Waals surface area contributed by atoms with Crippen molar-refractivity contribution in [2.75, 3.05) is 26.3 Å². The lowest BCUT2D eigenvalue weighted by molar-refractivity contribution is 0.1000. The quantitative estimate of drug-likeness (QED) is 0.409. The summed E-state index contributed by atoms with van der Waals surface area (Å²) >= 11 is 1.29. The highest BCUT2D eigenvalue weighted by Crippen LogP contribution is 2.31. The van der Waals surface area contributed by atoms with Crippen molar-refractivity contribution in [2.45, 2.75) is 6.10 Å². The molecule has 4 N–H and O–H groups in total. The van der Waals surface area contributed by atoms with Gasteiger partial charge in [0, 0.05) is 24.2 Å². The molecule has 3 rings (SSSR count). The number of hydrogen-bond acceptors (Lipinski definition) is 8. The van der Waals surface area contributed by atoms with E-state index in [1.807, 2.05) is 24.3 Å². The standard InChI is InChI=1S/C20H22N4O4S/c21-20(26)14-5-7-16(8-6-14)27-10-9-22-11-15(25)13-28-18-4-2-1-3-17(18)19-12-23-24-29-19/h1-8,12,15,22,25H,9-11,13H2,(H2,21,26). The van der Waals surface area contributed by atoms with Crippen molar-refractivity contribution in [3.05, 3.63) is 60.3 Å². The van der Waals surface area contributed by atoms with E-state index in [4.69, 9.17) is 15.2 Å². The van der Waals surface area contributed by atoms with E-state index in [9.17, 15) is 9.90 Å². The summed E-state index contributed by atoms with van der Waals surface area (Å²) in [6.07, 6.45) is 1.02. The maximum absolute atomic E-state index is 11.0. The summed E-state index contributed by atoms with van der Waals surface area (Å²) in [6.45, 7) is 1.50. The number of aliphatic hydroxyl groups is 1. The first-order chi connectivity index (χ1) is 14.1. The second-order valence-corrected chi connectivity index (χ2v) is 6.97. The van der Waals surface area contributed by atoms with Gasteiger partial charge in [0.15, 0.2) is 0 Å². The lowest BCUT2D eigenvalue weighted by Gasteiger charge is -2.15. The zero-order chi connectivity index (χ0) is 20.5. The van der Waals surface area contributed by atoms with Crippen LogP contribution in [0.2, 0.25) is 0 Å². The van der Waals surface area contributed by atoms with Gasteiger partial charge in [-0.05, 0) is 47.9 Å². The molecule has 0 fully saturated rings. The van der Waals surface area contributed by atoms with Gasteiger partial charge in [-0.3, -0.25) is 4.79 Å². The number of ether oxygens (including phenoxy) is 2. The molecule has 1 unspecified atom stereocenters. The number of rotatable bonds is 11. The van der Waals surface area contributed by atoms with Crippen LogP contribution in [0.1, 0.15) is 10.4 Å². The molecule has 0 spiro atoms. The van der Waals surface area contributed by atoms with Crippen molar-refractivity contribution in [1.29, 1.82) is 0 Å². The number of para-hydroxylation sites is 1. The lowest BCUT2D eigenvalue weighted by atomic mass is 10.2. The van der Waals surface area contributed by atoms with E-state index >= 15 is 0 Å². The van der Waals surface area contributed by atoms with Gasteiger partial charge in [-0.1, -0.05) is 16.6 Å². The fourth-order valence-corrected chi connectivity index (χ4v) is 3.10. The van der Waals surface area contributed by atoms with Crippen LogP contribution in [-0.4, -0.2) is 53.0 Å². The van der Waals surface area contributed by atoms with Crippen LogP contribution in [0.15, 0.2) is 54.7 Å². The first-order valence-electron chi connectivity index (χ1n) is 9.04. The summed E-state index contributed by atoms with van der Waals surface area (Å²) in [5.41, 5.74) is 6.54. The van der Waals surface area contributed by atoms with E-state index in [0.717, 1.165) is 10.4 Å². The van der Waals surface area contributed by atoms with Crippen molar-refractivity contribution in [3.8, 4) is 21.9 Å². The maximum Gasteiger partial charge on any atom is 0.248 e. The van der Waals surface area contributed by atoms with Crippen LogP contribution in [0.4, 0.5) is 0 Å². The Morgan fingerprint density at radius 2 is 1.97 bits per heavy atom. The molecule has 0 saturated carbocycles. The van der Waals surface area contributed by atoms with Gasteiger partial charge in [-0.15, -0.1) is 5.10 Å². The van der Waals surface area contributed by atoms with Gasteiger partial charge in [-0.2, -0.15) is 0 Å². The molecular weight excluding hydrogens is 392 g/mol. The molecule has 0 radical (unpaired) electrons. The topological polar surface area (TPSA) is 120 Å². The number of carbonyl (C=O) groups excluding carboxylic acids is 1. The summed E-state index contributed by atoms with van der Waals surface area (Å²) in [5, 5.41) is 17.1. The molecule has 0 aliphatic rings. The molecule has 0 bridgehead atoms. The van der Waals surface area contributed by atoms with Gasteiger partial charge in [-0.25, -0.2) is 0 Å². The molecule has 2 aromatic carbocycles. The number of amides is 1. The van der Waals surface area contributed by atoms with Crippen LogP contribution in [0.5, 0.6) is 11.5 Å². The van der Waals surface area contributed by atoms with E-state index in [0.29, 0.717) is 36.8 Å². The van der Waals surface area contributed by atoms with E-state index in [1.165, 1.54) is 11.5 Å². The van der Waals surface area contributed by atoms with Gasteiger partial charge < -0.3 is 25.6 Å². The third kappa shape index (κ3) is 6.24. The molecule has 152 valence electrons. The number of aliphatic hydroxyl groups excluding tert-OH is 1. The summed E-state index contributed by atoms with van der Waals surface area (Å²) in [4.78, 5) is 11.9. The Kier molecular flexibility index (Phi) is 7.51. The molecule has 1 amide bonds. The van der Waals surface area contributed by atoms with Gasteiger partial charge in [0.05, 0.1) is 11.1 Å². The van der Waals surface area contributed by atoms with Gasteiger partial charge >= 0.3 is 0 Å². The van der Waals surface area contributed by atoms with Gasteiger partial charge in [0.25, 0.3) is 0 Å². The second kappa shape index (κ2) is 10.5. The number of nitrogens with zero attached hydrogens (tertiary/aromatic N) is 2. The minimum absolute atomic E-state index is 0.158. The smallest absolute Gasteiger partial charge is 0.248 e. The molecular formula is C20H22N4O4S. The number of nitrogens with two attached hydrogens (primary N) is 1. The average Bonchev–Trinajstić information content (AvgIpc) is 3.27. The Balaban J connectivity index is 1.36. The summed E-state index contributed by atoms with van der Waals surface area (Å²) in [7, 11) is 0. The minimum atomic E-state index is -0.669. The number of carbonyl (C=O) groups is 1. The highest BCUT2D eigenvalue weighted by molar-refractivity contribution is 7.09. The summed E-state index contributed by atoms with van der Waals surface area (Å²) in [5.74, 6) is 0.857. The van der Waals surface area contributed by atoms with Crippen molar-refractivity contribution >= 4 is 17.4 Å². The van der Waals surface area contributed by atoms with Gasteiger partial charge in [0.2, 0.25) is 5.91 Å². The highest BCUT2D eigenvalue weighted by atomic mass is 32.1. The van der Waals surface area contributed by atoms with Crippen LogP contribution >= 0.6 is 11.5 Å². The largest absolute Gasteiger partial charge is 0.492 e. The molecule has 1 aromatic heterocycles. The van der Waals surface area contributed by atoms with Crippen LogP contribution < -0.4 is 20.5 Å². The van der Waals surface area contributed by atoms with Crippen LogP contribution in [-0.2, 0) is 0 Å². The van der Waals surface area contributed by atoms with E-state index in [-0.39, 0.29) is 6.61 Å². The monoisotopic (exact) mass is 414 g/mol. The predicted octanol–water partition coefficient (Wildman–Crippen LogP) is 1.71.